The van der Waals surface area contributed by atoms with Crippen molar-refractivity contribution in [2.24, 2.45) is 12.8 Å². The highest BCUT2D eigenvalue weighted by molar-refractivity contribution is 5.86. The molecule has 0 bridgehead atoms. The van der Waals surface area contributed by atoms with Gasteiger partial charge in [-0.25, -0.2) is 14.5 Å². The highest BCUT2D eigenvalue weighted by Gasteiger charge is 2.39. The van der Waals surface area contributed by atoms with E-state index in [4.69, 9.17) is 20.3 Å². The van der Waals surface area contributed by atoms with Gasteiger partial charge >= 0.3 is 5.97 Å². The minimum atomic E-state index is -0.483. The third-order valence-corrected chi connectivity index (χ3v) is 6.32. The maximum atomic E-state index is 12.2. The number of nitrogens with zero attached hydrogens (tertiary/aromatic N) is 5. The molecule has 1 fully saturated rings. The first-order valence-electron chi connectivity index (χ1n) is 11.0. The smallest absolute Gasteiger partial charge is 0.374 e. The molecule has 3 heterocycles. The number of rotatable bonds is 5. The minimum Gasteiger partial charge on any atom is -0.460 e. The molecule has 1 atom stereocenters. The molecule has 0 spiro atoms. The van der Waals surface area contributed by atoms with E-state index in [0.29, 0.717) is 17.4 Å². The lowest BCUT2D eigenvalue weighted by molar-refractivity contribution is 0.0510. The molecule has 2 N–H and O–H groups in total. The van der Waals surface area contributed by atoms with Crippen molar-refractivity contribution >= 4 is 5.97 Å². The zero-order valence-electron chi connectivity index (χ0n) is 18.5. The van der Waals surface area contributed by atoms with Crippen molar-refractivity contribution in [2.75, 3.05) is 6.61 Å². The fraction of sp³-hybridized carbons (Fsp3) is 0.333. The van der Waals surface area contributed by atoms with Crippen molar-refractivity contribution in [3.05, 3.63) is 70.8 Å². The van der Waals surface area contributed by atoms with Crippen LogP contribution in [0.25, 0.3) is 5.69 Å². The first-order valence-corrected chi connectivity index (χ1v) is 11.0. The lowest BCUT2D eigenvalue weighted by Crippen LogP contribution is -2.23. The average molecular weight is 444 g/mol. The predicted octanol–water partition coefficient (Wildman–Crippen LogP) is 3.27. The number of hydrogen-bond donors (Lipinski definition) is 1. The molecule has 2 aliphatic rings. The molecule has 0 radical (unpaired) electrons. The summed E-state index contributed by atoms with van der Waals surface area (Å²) in [5, 5.41) is 14.7. The number of hydrogen-bond acceptors (Lipinski definition) is 7. The standard InChI is InChI=1S/C24H24N6O3/c1-3-32-24(31)22-27-11-12-30(22)16-9-7-14(8-10-16)18-17(13-25)21(26)33-23-19(18)20(28-29(23)2)15-5-4-6-15/h7-12,15,18H,3-6,26H2,1-2H3. The molecule has 0 saturated heterocycles. The molecule has 33 heavy (non-hydrogen) atoms. The van der Waals surface area contributed by atoms with E-state index in [0.717, 1.165) is 35.3 Å². The number of carbonyl (C=O) groups is 1. The van der Waals surface area contributed by atoms with E-state index in [1.807, 2.05) is 31.3 Å². The first-order chi connectivity index (χ1) is 16.0. The van der Waals surface area contributed by atoms with Gasteiger partial charge in [0.15, 0.2) is 0 Å². The number of nitrogens with two attached hydrogens (primary N) is 1. The highest BCUT2D eigenvalue weighted by Crippen LogP contribution is 2.48. The Kier molecular flexibility index (Phi) is 5.13. The minimum absolute atomic E-state index is 0.0986. The molecule has 2 aromatic heterocycles. The molecule has 1 aliphatic heterocycles. The van der Waals surface area contributed by atoms with E-state index in [2.05, 4.69) is 11.1 Å². The van der Waals surface area contributed by atoms with Crippen LogP contribution in [0.15, 0.2) is 48.1 Å². The molecule has 9 heteroatoms. The molecule has 3 aromatic rings. The monoisotopic (exact) mass is 444 g/mol. The number of esters is 1. The molecule has 9 nitrogen and oxygen atoms in total. The topological polar surface area (TPSA) is 121 Å². The third-order valence-electron chi connectivity index (χ3n) is 6.32. The second-order valence-corrected chi connectivity index (χ2v) is 8.21. The van der Waals surface area contributed by atoms with Crippen molar-refractivity contribution in [3.63, 3.8) is 0 Å². The van der Waals surface area contributed by atoms with Crippen LogP contribution >= 0.6 is 0 Å². The molecule has 1 unspecified atom stereocenters. The van der Waals surface area contributed by atoms with Gasteiger partial charge in [-0.1, -0.05) is 18.6 Å². The van der Waals surface area contributed by atoms with E-state index >= 15 is 0 Å². The Morgan fingerprint density at radius 2 is 2.09 bits per heavy atom. The summed E-state index contributed by atoms with van der Waals surface area (Å²) in [6.07, 6.45) is 6.60. The van der Waals surface area contributed by atoms with E-state index in [1.165, 1.54) is 6.42 Å². The molecule has 5 rings (SSSR count). The maximum absolute atomic E-state index is 12.2. The SMILES string of the molecule is CCOC(=O)c1nccn1-c1ccc(C2C(C#N)=C(N)Oc3c2c(C2CCC2)nn3C)cc1. The summed E-state index contributed by atoms with van der Waals surface area (Å²) in [5.41, 5.74) is 10.1. The number of aromatic nitrogens is 4. The summed E-state index contributed by atoms with van der Waals surface area (Å²) in [6, 6.07) is 9.90. The van der Waals surface area contributed by atoms with Crippen LogP contribution < -0.4 is 10.5 Å². The normalized spacial score (nSPS) is 17.7. The first kappa shape index (κ1) is 20.8. The fourth-order valence-electron chi connectivity index (χ4n) is 4.50. The third kappa shape index (κ3) is 3.35. The van der Waals surface area contributed by atoms with Gasteiger partial charge in [0.1, 0.15) is 11.6 Å². The zero-order chi connectivity index (χ0) is 23.1. The summed E-state index contributed by atoms with van der Waals surface area (Å²) in [4.78, 5) is 16.4. The molecule has 1 saturated carbocycles. The number of fused-ring (bicyclic) bond motifs is 1. The number of carbonyl (C=O) groups excluding carboxylic acids is 1. The Labute approximate surface area is 191 Å². The largest absolute Gasteiger partial charge is 0.460 e. The van der Waals surface area contributed by atoms with E-state index in [-0.39, 0.29) is 24.2 Å². The van der Waals surface area contributed by atoms with Crippen LogP contribution in [0.2, 0.25) is 0 Å². The van der Waals surface area contributed by atoms with Gasteiger partial charge in [0.2, 0.25) is 17.6 Å². The van der Waals surface area contributed by atoms with E-state index in [1.54, 1.807) is 28.6 Å². The lowest BCUT2D eigenvalue weighted by Gasteiger charge is -2.29. The molecule has 1 aliphatic carbocycles. The number of allylic oxidation sites excluding steroid dienone is 1. The van der Waals surface area contributed by atoms with Crippen LogP contribution in [0.1, 0.15) is 65.5 Å². The summed E-state index contributed by atoms with van der Waals surface area (Å²) >= 11 is 0. The van der Waals surface area contributed by atoms with Gasteiger partial charge in [0.25, 0.3) is 0 Å². The van der Waals surface area contributed by atoms with Gasteiger partial charge in [0.05, 0.1) is 23.8 Å². The Hall–Kier alpha value is -4.06. The van der Waals surface area contributed by atoms with E-state index in [9.17, 15) is 10.1 Å². The number of benzene rings is 1. The second kappa shape index (κ2) is 8.13. The summed E-state index contributed by atoms with van der Waals surface area (Å²) in [5.74, 6) is 0.401. The van der Waals surface area contributed by atoms with Crippen molar-refractivity contribution in [1.82, 2.24) is 19.3 Å². The number of nitriles is 1. The van der Waals surface area contributed by atoms with Crippen LogP contribution in [0.3, 0.4) is 0 Å². The highest BCUT2D eigenvalue weighted by atomic mass is 16.5. The van der Waals surface area contributed by atoms with Gasteiger partial charge in [-0.05, 0) is 37.5 Å². The summed E-state index contributed by atoms with van der Waals surface area (Å²) < 4.78 is 14.3. The molecular formula is C24H24N6O3. The second-order valence-electron chi connectivity index (χ2n) is 8.21. The molecule has 0 amide bonds. The van der Waals surface area contributed by atoms with Crippen LogP contribution in [0, 0.1) is 11.3 Å². The Balaban J connectivity index is 1.57. The van der Waals surface area contributed by atoms with Crippen molar-refractivity contribution in [1.29, 1.82) is 5.26 Å². The number of ether oxygens (including phenoxy) is 2. The van der Waals surface area contributed by atoms with Gasteiger partial charge in [-0.2, -0.15) is 10.4 Å². The average Bonchev–Trinajstić information content (AvgIpc) is 3.38. The Morgan fingerprint density at radius 3 is 2.73 bits per heavy atom. The molecule has 1 aromatic carbocycles. The van der Waals surface area contributed by atoms with Crippen LogP contribution in [0.4, 0.5) is 0 Å². The van der Waals surface area contributed by atoms with Crippen LogP contribution in [0.5, 0.6) is 5.88 Å². The summed E-state index contributed by atoms with van der Waals surface area (Å²) in [7, 11) is 1.84. The van der Waals surface area contributed by atoms with Crippen molar-refractivity contribution in [3.8, 4) is 17.6 Å². The predicted molar refractivity (Wildman–Crippen MR) is 119 cm³/mol. The maximum Gasteiger partial charge on any atom is 0.374 e. The molecule has 168 valence electrons. The van der Waals surface area contributed by atoms with Crippen LogP contribution in [-0.4, -0.2) is 31.9 Å². The van der Waals surface area contributed by atoms with Gasteiger partial charge in [0, 0.05) is 31.0 Å². The number of aryl methyl sites for hydroxylation is 1. The quantitative estimate of drug-likeness (QED) is 0.600. The van der Waals surface area contributed by atoms with Gasteiger partial charge in [-0.3, -0.25) is 4.57 Å². The molecular weight excluding hydrogens is 420 g/mol. The summed E-state index contributed by atoms with van der Waals surface area (Å²) in [6.45, 7) is 2.03. The van der Waals surface area contributed by atoms with Crippen molar-refractivity contribution in [2.45, 2.75) is 38.0 Å². The zero-order valence-corrected chi connectivity index (χ0v) is 18.5. The Bertz CT molecular complexity index is 1290. The number of imidazole rings is 1. The van der Waals surface area contributed by atoms with Crippen molar-refractivity contribution < 1.29 is 14.3 Å². The Morgan fingerprint density at radius 1 is 1.33 bits per heavy atom. The van der Waals surface area contributed by atoms with Gasteiger partial charge in [-0.15, -0.1) is 0 Å². The van der Waals surface area contributed by atoms with Crippen LogP contribution in [-0.2, 0) is 11.8 Å². The fourth-order valence-corrected chi connectivity index (χ4v) is 4.50. The van der Waals surface area contributed by atoms with E-state index < -0.39 is 5.97 Å². The lowest BCUT2D eigenvalue weighted by atomic mass is 9.76. The van der Waals surface area contributed by atoms with Gasteiger partial charge < -0.3 is 15.2 Å².